The third-order valence-electron chi connectivity index (χ3n) is 7.58. The van der Waals surface area contributed by atoms with Gasteiger partial charge in [-0.05, 0) is 78.0 Å². The Morgan fingerprint density at radius 1 is 1.02 bits per heavy atom. The number of halogens is 2. The summed E-state index contributed by atoms with van der Waals surface area (Å²) in [6, 6.07) is 16.7. The highest BCUT2D eigenvalue weighted by Crippen LogP contribution is 2.40. The first-order valence-electron chi connectivity index (χ1n) is 13.9. The lowest BCUT2D eigenvalue weighted by Gasteiger charge is -2.39. The maximum Gasteiger partial charge on any atom is 0.224 e. The second-order valence-corrected chi connectivity index (χ2v) is 17.3. The summed E-state index contributed by atoms with van der Waals surface area (Å²) >= 11 is 6.06. The molecule has 6 nitrogen and oxygen atoms in total. The first kappa shape index (κ1) is 32.6. The molecule has 0 aromatic heterocycles. The maximum absolute atomic E-state index is 13.3. The van der Waals surface area contributed by atoms with Crippen LogP contribution < -0.4 is 10.6 Å². The van der Waals surface area contributed by atoms with Gasteiger partial charge in [-0.2, -0.15) is 0 Å². The Balaban J connectivity index is 1.61. The lowest BCUT2D eigenvalue weighted by molar-refractivity contribution is -0.120. The van der Waals surface area contributed by atoms with E-state index in [0.29, 0.717) is 12.1 Å². The number of phenols is 2. The summed E-state index contributed by atoms with van der Waals surface area (Å²) in [5.41, 5.74) is 3.37. The van der Waals surface area contributed by atoms with Crippen molar-refractivity contribution < 1.29 is 23.8 Å². The van der Waals surface area contributed by atoms with E-state index < -0.39 is 14.1 Å². The van der Waals surface area contributed by atoms with Gasteiger partial charge in [-0.3, -0.25) is 4.79 Å². The quantitative estimate of drug-likeness (QED) is 0.168. The van der Waals surface area contributed by atoms with Gasteiger partial charge in [-0.1, -0.05) is 62.7 Å². The molecule has 0 aliphatic rings. The Morgan fingerprint density at radius 2 is 1.68 bits per heavy atom. The predicted octanol–water partition coefficient (Wildman–Crippen LogP) is 7.03. The van der Waals surface area contributed by atoms with Crippen molar-refractivity contribution in [3.05, 3.63) is 93.8 Å². The number of amides is 1. The fourth-order valence-corrected chi connectivity index (χ4v) is 5.79. The number of nitrogens with one attached hydrogen (secondary N) is 2. The largest absolute Gasteiger partial charge is 0.508 e. The Morgan fingerprint density at radius 3 is 2.32 bits per heavy atom. The van der Waals surface area contributed by atoms with Crippen LogP contribution in [0.2, 0.25) is 23.2 Å². The predicted molar refractivity (Wildman–Crippen MR) is 165 cm³/mol. The molecule has 0 aliphatic carbocycles. The molecule has 1 amide bonds. The van der Waals surface area contributed by atoms with Gasteiger partial charge in [0.25, 0.3) is 0 Å². The number of rotatable bonds is 12. The first-order chi connectivity index (χ1) is 19.1. The van der Waals surface area contributed by atoms with Crippen molar-refractivity contribution >= 4 is 25.8 Å². The minimum absolute atomic E-state index is 0.00139. The van der Waals surface area contributed by atoms with Gasteiger partial charge < -0.3 is 25.3 Å². The van der Waals surface area contributed by atoms with Crippen LogP contribution in [0, 0.1) is 5.82 Å². The number of hydrogen-bond donors (Lipinski definition) is 4. The van der Waals surface area contributed by atoms with Crippen LogP contribution in [0.25, 0.3) is 0 Å². The minimum Gasteiger partial charge on any atom is -0.508 e. The van der Waals surface area contributed by atoms with E-state index in [-0.39, 0.29) is 52.6 Å². The van der Waals surface area contributed by atoms with Gasteiger partial charge in [-0.15, -0.1) is 0 Å². The molecule has 0 heterocycles. The topological polar surface area (TPSA) is 90.8 Å². The number of aromatic hydroxyl groups is 2. The zero-order chi connectivity index (χ0) is 30.4. The summed E-state index contributed by atoms with van der Waals surface area (Å²) < 4.78 is 20.0. The van der Waals surface area contributed by atoms with E-state index in [2.05, 4.69) is 51.4 Å². The summed E-state index contributed by atoms with van der Waals surface area (Å²) in [5, 5.41) is 26.9. The van der Waals surface area contributed by atoms with Crippen molar-refractivity contribution in [1.29, 1.82) is 0 Å². The third kappa shape index (κ3) is 9.85. The Hall–Kier alpha value is -2.91. The number of carbonyl (C=O) groups excluding carboxylic acids is 1. The molecule has 0 spiro atoms. The van der Waals surface area contributed by atoms with Crippen LogP contribution in [-0.4, -0.2) is 37.0 Å². The monoisotopic (exact) mass is 600 g/mol. The van der Waals surface area contributed by atoms with E-state index >= 15 is 0 Å². The molecule has 222 valence electrons. The Labute approximate surface area is 249 Å². The molecular weight excluding hydrogens is 559 g/mol. The molecule has 0 bridgehead atoms. The molecule has 0 radical (unpaired) electrons. The van der Waals surface area contributed by atoms with Crippen molar-refractivity contribution in [3.63, 3.8) is 0 Å². The Bertz CT molecular complexity index is 1330. The number of hydrogen-bond acceptors (Lipinski definition) is 5. The molecule has 0 fully saturated rings. The van der Waals surface area contributed by atoms with Crippen LogP contribution in [0.3, 0.4) is 0 Å². The molecule has 3 aromatic carbocycles. The van der Waals surface area contributed by atoms with Crippen molar-refractivity contribution in [2.24, 2.45) is 0 Å². The van der Waals surface area contributed by atoms with Crippen LogP contribution >= 0.6 is 11.6 Å². The molecule has 4 N–H and O–H groups in total. The van der Waals surface area contributed by atoms with Gasteiger partial charge in [0.2, 0.25) is 5.91 Å². The molecule has 9 heteroatoms. The fourth-order valence-electron chi connectivity index (χ4n) is 4.27. The summed E-state index contributed by atoms with van der Waals surface area (Å²) in [5.74, 6) is -0.561. The summed E-state index contributed by atoms with van der Waals surface area (Å²) in [6.45, 7) is 13.7. The summed E-state index contributed by atoms with van der Waals surface area (Å²) in [6.07, 6.45) is 0.609. The van der Waals surface area contributed by atoms with Crippen LogP contribution in [0.4, 0.5) is 4.39 Å². The zero-order valence-corrected chi connectivity index (χ0v) is 26.5. The smallest absolute Gasteiger partial charge is 0.224 e. The molecule has 2 atom stereocenters. The van der Waals surface area contributed by atoms with Gasteiger partial charge in [-0.25, -0.2) is 4.39 Å². The molecule has 0 saturated carbocycles. The summed E-state index contributed by atoms with van der Waals surface area (Å²) in [7, 11) is -2.15. The Kier molecular flexibility index (Phi) is 11.0. The highest BCUT2D eigenvalue weighted by molar-refractivity contribution is 6.74. The number of phenolic OH excluding ortho intramolecular Hbond substituents is 2. The van der Waals surface area contributed by atoms with Gasteiger partial charge in [0.15, 0.2) is 8.32 Å². The molecular formula is C32H42ClFN2O4Si. The van der Waals surface area contributed by atoms with Crippen molar-refractivity contribution in [2.45, 2.75) is 77.4 Å². The molecule has 41 heavy (non-hydrogen) atoms. The normalized spacial score (nSPS) is 13.6. The molecule has 3 aromatic rings. The van der Waals surface area contributed by atoms with Crippen LogP contribution in [0.5, 0.6) is 11.5 Å². The van der Waals surface area contributed by atoms with Crippen LogP contribution in [0.1, 0.15) is 56.1 Å². The molecule has 0 unspecified atom stereocenters. The average molecular weight is 601 g/mol. The number of carbonyl (C=O) groups is 1. The van der Waals surface area contributed by atoms with Gasteiger partial charge in [0.1, 0.15) is 17.3 Å². The van der Waals surface area contributed by atoms with E-state index in [1.165, 1.54) is 18.2 Å². The second-order valence-electron chi connectivity index (χ2n) is 12.2. The van der Waals surface area contributed by atoms with Gasteiger partial charge in [0, 0.05) is 30.2 Å². The highest BCUT2D eigenvalue weighted by atomic mass is 35.5. The number of benzene rings is 3. The zero-order valence-electron chi connectivity index (χ0n) is 24.7. The lowest BCUT2D eigenvalue weighted by Crippen LogP contribution is -2.44. The second kappa shape index (κ2) is 13.8. The summed E-state index contributed by atoms with van der Waals surface area (Å²) in [4.78, 5) is 12.6. The third-order valence-corrected chi connectivity index (χ3v) is 12.4. The standard InChI is InChI=1S/C32H42ClFN2O4Si/c1-21(35-20-30(40-41(5,6)32(2,3)4)25-15-27(37)18-28(38)16-25)12-22-8-7-9-23(13-22)14-31(39)36-19-24-10-11-26(34)17-29(24)33/h7-11,13,15-18,21,30,35,37-38H,12,14,19-20H2,1-6H3,(H,36,39)/t21-,30+/m1/s1. The fraction of sp³-hybridized carbons (Fsp3) is 0.406. The average Bonchev–Trinajstić information content (AvgIpc) is 2.85. The maximum atomic E-state index is 13.3. The van der Waals surface area contributed by atoms with Gasteiger partial charge in [0.05, 0.1) is 12.5 Å². The van der Waals surface area contributed by atoms with Crippen molar-refractivity contribution in [3.8, 4) is 11.5 Å². The molecule has 0 aliphatic heterocycles. The minimum atomic E-state index is -2.15. The molecule has 3 rings (SSSR count). The van der Waals surface area contributed by atoms with E-state index in [4.69, 9.17) is 16.0 Å². The van der Waals surface area contributed by atoms with Crippen LogP contribution in [0.15, 0.2) is 60.7 Å². The van der Waals surface area contributed by atoms with Crippen LogP contribution in [-0.2, 0) is 28.6 Å². The van der Waals surface area contributed by atoms with E-state index in [9.17, 15) is 19.4 Å². The van der Waals surface area contributed by atoms with Crippen molar-refractivity contribution in [2.75, 3.05) is 6.54 Å². The van der Waals surface area contributed by atoms with E-state index in [1.54, 1.807) is 18.2 Å². The van der Waals surface area contributed by atoms with E-state index in [0.717, 1.165) is 23.1 Å². The SMILES string of the molecule is C[C@H](Cc1cccc(CC(=O)NCc2ccc(F)cc2Cl)c1)NC[C@H](O[Si](C)(C)C(C)(C)C)c1cc(O)cc(O)c1. The van der Waals surface area contributed by atoms with Crippen molar-refractivity contribution in [1.82, 2.24) is 10.6 Å². The highest BCUT2D eigenvalue weighted by Gasteiger charge is 2.39. The lowest BCUT2D eigenvalue weighted by atomic mass is 10.0. The molecule has 0 saturated heterocycles. The van der Waals surface area contributed by atoms with Gasteiger partial charge >= 0.3 is 0 Å². The first-order valence-corrected chi connectivity index (χ1v) is 17.1. The van der Waals surface area contributed by atoms with E-state index in [1.807, 2.05) is 24.3 Å².